The summed E-state index contributed by atoms with van der Waals surface area (Å²) in [5, 5.41) is 0. The minimum Gasteiger partial charge on any atom is -0.327 e. The molecular weight excluding hydrogens is 208 g/mol. The molecule has 2 heteroatoms. The fourth-order valence-electron chi connectivity index (χ4n) is 3.27. The van der Waals surface area contributed by atoms with Crippen LogP contribution in [0.3, 0.4) is 0 Å². The van der Waals surface area contributed by atoms with E-state index in [4.69, 9.17) is 0 Å². The second-order valence-electron chi connectivity index (χ2n) is 5.16. The highest BCUT2D eigenvalue weighted by Crippen LogP contribution is 2.37. The van der Waals surface area contributed by atoms with Gasteiger partial charge in [0.05, 0.1) is 17.4 Å². The van der Waals surface area contributed by atoms with E-state index < -0.39 is 0 Å². The highest BCUT2D eigenvalue weighted by Gasteiger charge is 2.25. The molecule has 0 radical (unpaired) electrons. The van der Waals surface area contributed by atoms with Gasteiger partial charge >= 0.3 is 0 Å². The molecule has 2 unspecified atom stereocenters. The molecule has 17 heavy (non-hydrogen) atoms. The van der Waals surface area contributed by atoms with E-state index in [0.717, 1.165) is 11.4 Å². The summed E-state index contributed by atoms with van der Waals surface area (Å²) in [5.41, 5.74) is 2.44. The molecule has 0 spiro atoms. The summed E-state index contributed by atoms with van der Waals surface area (Å²) in [6, 6.07) is 9.16. The Bertz CT molecular complexity index is 500. The third-order valence-electron chi connectivity index (χ3n) is 4.23. The van der Waals surface area contributed by atoms with E-state index >= 15 is 0 Å². The van der Waals surface area contributed by atoms with Crippen molar-refractivity contribution < 1.29 is 0 Å². The van der Waals surface area contributed by atoms with E-state index in [1.54, 1.807) is 0 Å². The Morgan fingerprint density at radius 3 is 2.94 bits per heavy atom. The molecule has 3 rings (SSSR count). The van der Waals surface area contributed by atoms with Crippen molar-refractivity contribution in [2.45, 2.75) is 45.1 Å². The Hall–Kier alpha value is -1.31. The number of aromatic nitrogens is 2. The molecule has 0 N–H and O–H groups in total. The average molecular weight is 228 g/mol. The number of imidazole rings is 1. The van der Waals surface area contributed by atoms with Crippen LogP contribution in [0.2, 0.25) is 0 Å². The van der Waals surface area contributed by atoms with Gasteiger partial charge in [0.1, 0.15) is 0 Å². The van der Waals surface area contributed by atoms with Crippen LogP contribution in [0.4, 0.5) is 0 Å². The van der Waals surface area contributed by atoms with Crippen LogP contribution in [0.5, 0.6) is 0 Å². The Balaban J connectivity index is 2.01. The first-order valence-corrected chi connectivity index (χ1v) is 6.81. The van der Waals surface area contributed by atoms with Gasteiger partial charge in [-0.25, -0.2) is 4.98 Å². The molecule has 2 nitrogen and oxygen atoms in total. The highest BCUT2D eigenvalue weighted by atomic mass is 15.1. The predicted octanol–water partition coefficient (Wildman–Crippen LogP) is 4.18. The zero-order valence-corrected chi connectivity index (χ0v) is 10.5. The largest absolute Gasteiger partial charge is 0.327 e. The Morgan fingerprint density at radius 2 is 2.06 bits per heavy atom. The molecule has 1 aromatic carbocycles. The molecule has 2 aromatic rings. The van der Waals surface area contributed by atoms with Crippen molar-refractivity contribution in [2.75, 3.05) is 0 Å². The molecule has 1 heterocycles. The van der Waals surface area contributed by atoms with Crippen LogP contribution in [-0.2, 0) is 0 Å². The first-order valence-electron chi connectivity index (χ1n) is 6.81. The van der Waals surface area contributed by atoms with E-state index in [-0.39, 0.29) is 0 Å². The van der Waals surface area contributed by atoms with Crippen LogP contribution in [0, 0.1) is 5.92 Å². The van der Waals surface area contributed by atoms with E-state index in [1.165, 1.54) is 37.6 Å². The Labute approximate surface area is 103 Å². The average Bonchev–Trinajstić information content (AvgIpc) is 2.82. The molecular formula is C15H20N2. The molecule has 1 aliphatic rings. The minimum atomic E-state index is 0.668. The number of hydrogen-bond acceptors (Lipinski definition) is 1. The molecule has 1 aromatic heterocycles. The summed E-state index contributed by atoms with van der Waals surface area (Å²) in [4.78, 5) is 4.53. The lowest BCUT2D eigenvalue weighted by Crippen LogP contribution is -2.22. The maximum absolute atomic E-state index is 4.53. The fraction of sp³-hybridized carbons (Fsp3) is 0.533. The monoisotopic (exact) mass is 228 g/mol. The SMILES string of the molecule is CCC1CCCCC1n1cnc2ccccc21. The predicted molar refractivity (Wildman–Crippen MR) is 71.0 cm³/mol. The van der Waals surface area contributed by atoms with Crippen molar-refractivity contribution in [3.05, 3.63) is 30.6 Å². The summed E-state index contributed by atoms with van der Waals surface area (Å²) in [7, 11) is 0. The summed E-state index contributed by atoms with van der Waals surface area (Å²) in [5.74, 6) is 0.835. The summed E-state index contributed by atoms with van der Waals surface area (Å²) in [6.07, 6.45) is 8.81. The van der Waals surface area contributed by atoms with Crippen LogP contribution in [-0.4, -0.2) is 9.55 Å². The van der Waals surface area contributed by atoms with E-state index in [9.17, 15) is 0 Å². The van der Waals surface area contributed by atoms with Gasteiger partial charge < -0.3 is 4.57 Å². The number of nitrogens with zero attached hydrogens (tertiary/aromatic N) is 2. The first kappa shape index (κ1) is 10.8. The summed E-state index contributed by atoms with van der Waals surface area (Å²) >= 11 is 0. The fourth-order valence-corrected chi connectivity index (χ4v) is 3.27. The van der Waals surface area contributed by atoms with Crippen molar-refractivity contribution in [1.82, 2.24) is 9.55 Å². The normalized spacial score (nSPS) is 25.2. The maximum Gasteiger partial charge on any atom is 0.0961 e. The van der Waals surface area contributed by atoms with Crippen molar-refractivity contribution in [1.29, 1.82) is 0 Å². The van der Waals surface area contributed by atoms with Gasteiger partial charge in [-0.3, -0.25) is 0 Å². The molecule has 2 atom stereocenters. The molecule has 1 saturated carbocycles. The zero-order chi connectivity index (χ0) is 11.7. The Kier molecular flexibility index (Phi) is 2.87. The van der Waals surface area contributed by atoms with Gasteiger partial charge in [0.25, 0.3) is 0 Å². The summed E-state index contributed by atoms with van der Waals surface area (Å²) in [6.45, 7) is 2.32. The lowest BCUT2D eigenvalue weighted by molar-refractivity contribution is 0.237. The number of hydrogen-bond donors (Lipinski definition) is 0. The number of para-hydroxylation sites is 2. The lowest BCUT2D eigenvalue weighted by atomic mass is 9.82. The van der Waals surface area contributed by atoms with E-state index in [0.29, 0.717) is 6.04 Å². The third kappa shape index (κ3) is 1.86. The zero-order valence-electron chi connectivity index (χ0n) is 10.5. The van der Waals surface area contributed by atoms with Crippen molar-refractivity contribution in [2.24, 2.45) is 5.92 Å². The number of fused-ring (bicyclic) bond motifs is 1. The van der Waals surface area contributed by atoms with Gasteiger partial charge in [0.2, 0.25) is 0 Å². The minimum absolute atomic E-state index is 0.668. The van der Waals surface area contributed by atoms with Crippen LogP contribution < -0.4 is 0 Å². The number of benzene rings is 1. The standard InChI is InChI=1S/C15H20N2/c1-2-12-7-3-5-9-14(12)17-11-16-13-8-4-6-10-15(13)17/h4,6,8,10-12,14H,2-3,5,7,9H2,1H3. The summed E-state index contributed by atoms with van der Waals surface area (Å²) < 4.78 is 2.42. The van der Waals surface area contributed by atoms with Gasteiger partial charge in [0, 0.05) is 6.04 Å². The van der Waals surface area contributed by atoms with Gasteiger partial charge in [-0.2, -0.15) is 0 Å². The van der Waals surface area contributed by atoms with Crippen molar-refractivity contribution in [3.63, 3.8) is 0 Å². The van der Waals surface area contributed by atoms with Gasteiger partial charge in [-0.05, 0) is 30.9 Å². The third-order valence-corrected chi connectivity index (χ3v) is 4.23. The van der Waals surface area contributed by atoms with Gasteiger partial charge in [0.15, 0.2) is 0 Å². The molecule has 0 amide bonds. The first-order chi connectivity index (χ1) is 8.40. The van der Waals surface area contributed by atoms with Crippen LogP contribution >= 0.6 is 0 Å². The number of rotatable bonds is 2. The molecule has 1 fully saturated rings. The molecule has 90 valence electrons. The topological polar surface area (TPSA) is 17.8 Å². The van der Waals surface area contributed by atoms with Crippen LogP contribution in [0.25, 0.3) is 11.0 Å². The van der Waals surface area contributed by atoms with Crippen LogP contribution in [0.15, 0.2) is 30.6 Å². The molecule has 0 saturated heterocycles. The van der Waals surface area contributed by atoms with Crippen molar-refractivity contribution >= 4 is 11.0 Å². The highest BCUT2D eigenvalue weighted by molar-refractivity contribution is 5.75. The Morgan fingerprint density at radius 1 is 1.24 bits per heavy atom. The van der Waals surface area contributed by atoms with Gasteiger partial charge in [-0.1, -0.05) is 38.3 Å². The van der Waals surface area contributed by atoms with Gasteiger partial charge in [-0.15, -0.1) is 0 Å². The molecule has 0 aliphatic heterocycles. The van der Waals surface area contributed by atoms with E-state index in [1.807, 2.05) is 6.33 Å². The smallest absolute Gasteiger partial charge is 0.0961 e. The van der Waals surface area contributed by atoms with Crippen LogP contribution in [0.1, 0.15) is 45.1 Å². The molecule has 0 bridgehead atoms. The maximum atomic E-state index is 4.53. The second-order valence-corrected chi connectivity index (χ2v) is 5.16. The van der Waals surface area contributed by atoms with E-state index in [2.05, 4.69) is 40.7 Å². The molecule has 1 aliphatic carbocycles. The second kappa shape index (κ2) is 4.52. The lowest BCUT2D eigenvalue weighted by Gasteiger charge is -2.32. The quantitative estimate of drug-likeness (QED) is 0.754. The van der Waals surface area contributed by atoms with Crippen molar-refractivity contribution in [3.8, 4) is 0 Å².